The molecule has 4 aromatic carbocycles. The predicted molar refractivity (Wildman–Crippen MR) is 145 cm³/mol. The molecule has 0 saturated carbocycles. The highest BCUT2D eigenvalue weighted by Gasteiger charge is 2.27. The number of anilines is 1. The quantitative estimate of drug-likeness (QED) is 0.311. The molecule has 0 radical (unpaired) electrons. The molecule has 0 aliphatic heterocycles. The van der Waals surface area contributed by atoms with Crippen LogP contribution in [-0.4, -0.2) is 23.3 Å². The molecule has 4 aromatic rings. The van der Waals surface area contributed by atoms with Crippen molar-refractivity contribution in [3.05, 3.63) is 135 Å². The monoisotopic (exact) mass is 489 g/mol. The Morgan fingerprint density at radius 3 is 1.22 bits per heavy atom. The van der Waals surface area contributed by atoms with E-state index in [9.17, 15) is 19.2 Å². The van der Waals surface area contributed by atoms with Gasteiger partial charge in [0.05, 0.1) is 5.69 Å². The minimum atomic E-state index is -0.435. The molecule has 0 aliphatic rings. The van der Waals surface area contributed by atoms with Crippen LogP contribution in [0.2, 0.25) is 0 Å². The Bertz CT molecular complexity index is 1490. The summed E-state index contributed by atoms with van der Waals surface area (Å²) in [5.74, 6) is -1.53. The normalized spacial score (nSPS) is 10.6. The lowest BCUT2D eigenvalue weighted by Crippen LogP contribution is -2.19. The molecule has 0 saturated heterocycles. The maximum atomic E-state index is 13.9. The van der Waals surface area contributed by atoms with Crippen molar-refractivity contribution in [2.45, 2.75) is 27.7 Å². The van der Waals surface area contributed by atoms with E-state index in [1.54, 1.807) is 36.4 Å². The van der Waals surface area contributed by atoms with Crippen molar-refractivity contribution in [1.29, 1.82) is 0 Å². The van der Waals surface area contributed by atoms with Gasteiger partial charge in [0.15, 0.2) is 17.3 Å². The Morgan fingerprint density at radius 1 is 0.514 bits per heavy atom. The maximum Gasteiger partial charge on any atom is 0.221 e. The van der Waals surface area contributed by atoms with Crippen molar-refractivity contribution in [2.24, 2.45) is 0 Å². The Hall–Kier alpha value is -4.64. The number of ketones is 3. The van der Waals surface area contributed by atoms with Crippen molar-refractivity contribution in [2.75, 3.05) is 5.32 Å². The maximum absolute atomic E-state index is 13.9. The summed E-state index contributed by atoms with van der Waals surface area (Å²) in [4.78, 5) is 53.6. The van der Waals surface area contributed by atoms with Gasteiger partial charge >= 0.3 is 0 Å². The number of carbonyl (C=O) groups excluding carboxylic acids is 4. The molecule has 4 rings (SSSR count). The van der Waals surface area contributed by atoms with Gasteiger partial charge in [0.25, 0.3) is 0 Å². The van der Waals surface area contributed by atoms with E-state index in [0.717, 1.165) is 16.7 Å². The number of amides is 1. The van der Waals surface area contributed by atoms with Crippen LogP contribution in [0.4, 0.5) is 5.69 Å². The summed E-state index contributed by atoms with van der Waals surface area (Å²) in [5.41, 5.74) is 4.02. The van der Waals surface area contributed by atoms with Crippen LogP contribution in [0.5, 0.6) is 0 Å². The Kier molecular flexibility index (Phi) is 7.25. The fourth-order valence-corrected chi connectivity index (χ4v) is 4.37. The molecule has 37 heavy (non-hydrogen) atoms. The lowest BCUT2D eigenvalue weighted by molar-refractivity contribution is -0.114. The van der Waals surface area contributed by atoms with Gasteiger partial charge in [-0.1, -0.05) is 72.8 Å². The van der Waals surface area contributed by atoms with Crippen LogP contribution >= 0.6 is 0 Å². The number of hydrogen-bond donors (Lipinski definition) is 1. The molecule has 5 heteroatoms. The average molecular weight is 490 g/mol. The molecule has 0 fully saturated rings. The fourth-order valence-electron chi connectivity index (χ4n) is 4.37. The molecule has 0 atom stereocenters. The lowest BCUT2D eigenvalue weighted by atomic mass is 9.88. The van der Waals surface area contributed by atoms with E-state index in [1.807, 2.05) is 57.2 Å². The minimum Gasteiger partial charge on any atom is -0.325 e. The second-order valence-electron chi connectivity index (χ2n) is 9.06. The Morgan fingerprint density at radius 2 is 0.865 bits per heavy atom. The number of hydrogen-bond acceptors (Lipinski definition) is 4. The predicted octanol–water partition coefficient (Wildman–Crippen LogP) is 6.26. The van der Waals surface area contributed by atoms with Crippen LogP contribution in [0, 0.1) is 20.8 Å². The zero-order valence-electron chi connectivity index (χ0n) is 21.2. The molecule has 0 aromatic heterocycles. The van der Waals surface area contributed by atoms with E-state index in [-0.39, 0.29) is 39.7 Å². The van der Waals surface area contributed by atoms with E-state index in [2.05, 4.69) is 5.32 Å². The van der Waals surface area contributed by atoms with Gasteiger partial charge in [-0.2, -0.15) is 0 Å². The van der Waals surface area contributed by atoms with Crippen molar-refractivity contribution >= 4 is 28.9 Å². The highest BCUT2D eigenvalue weighted by atomic mass is 16.2. The summed E-state index contributed by atoms with van der Waals surface area (Å²) >= 11 is 0. The number of rotatable bonds is 7. The third-order valence-corrected chi connectivity index (χ3v) is 6.36. The van der Waals surface area contributed by atoms with Gasteiger partial charge in [0.1, 0.15) is 0 Å². The zero-order valence-corrected chi connectivity index (χ0v) is 21.2. The molecule has 184 valence electrons. The van der Waals surface area contributed by atoms with Crippen molar-refractivity contribution in [3.63, 3.8) is 0 Å². The summed E-state index contributed by atoms with van der Waals surface area (Å²) in [6.45, 7) is 6.77. The van der Waals surface area contributed by atoms with Gasteiger partial charge in [-0.05, 0) is 49.6 Å². The van der Waals surface area contributed by atoms with Gasteiger partial charge in [0, 0.05) is 40.3 Å². The summed E-state index contributed by atoms with van der Waals surface area (Å²) in [5, 5.41) is 2.71. The molecule has 0 spiro atoms. The molecule has 1 N–H and O–H groups in total. The Balaban J connectivity index is 2.03. The number of aryl methyl sites for hydroxylation is 3. The molecule has 0 aliphatic carbocycles. The molecule has 0 heterocycles. The second kappa shape index (κ2) is 10.5. The van der Waals surface area contributed by atoms with Crippen molar-refractivity contribution < 1.29 is 19.2 Å². The van der Waals surface area contributed by atoms with Gasteiger partial charge in [-0.25, -0.2) is 0 Å². The van der Waals surface area contributed by atoms with E-state index in [1.165, 1.54) is 19.1 Å². The molecule has 5 nitrogen and oxygen atoms in total. The standard InChI is InChI=1S/C32H27NO4/c1-19-11-5-8-14-24(19)30(35)23-17-27(31(36)25-15-9-6-12-20(25)2)29(33-22(4)34)28(18-23)32(37)26-16-10-7-13-21(26)3/h5-18H,1-4H3,(H,33,34). The third kappa shape index (κ3) is 5.16. The summed E-state index contributed by atoms with van der Waals surface area (Å²) in [7, 11) is 0. The number of benzene rings is 4. The number of carbonyl (C=O) groups is 4. The van der Waals surface area contributed by atoms with Crippen LogP contribution in [0.15, 0.2) is 84.9 Å². The first-order chi connectivity index (χ1) is 17.7. The topological polar surface area (TPSA) is 80.3 Å². The lowest BCUT2D eigenvalue weighted by Gasteiger charge is -2.18. The molecular formula is C32H27NO4. The Labute approximate surface area is 216 Å². The molecular weight excluding hydrogens is 462 g/mol. The van der Waals surface area contributed by atoms with Crippen LogP contribution < -0.4 is 5.32 Å². The molecule has 0 bridgehead atoms. The first-order valence-electron chi connectivity index (χ1n) is 12.0. The van der Waals surface area contributed by atoms with E-state index in [0.29, 0.717) is 16.7 Å². The fraction of sp³-hybridized carbons (Fsp3) is 0.125. The SMILES string of the molecule is CC(=O)Nc1c(C(=O)c2ccccc2C)cc(C(=O)c2ccccc2C)cc1C(=O)c1ccccc1C. The average Bonchev–Trinajstić information content (AvgIpc) is 2.88. The number of nitrogens with one attached hydrogen (secondary N) is 1. The van der Waals surface area contributed by atoms with Gasteiger partial charge < -0.3 is 5.32 Å². The smallest absolute Gasteiger partial charge is 0.221 e. The van der Waals surface area contributed by atoms with Crippen LogP contribution in [0.25, 0.3) is 0 Å². The first kappa shape index (κ1) is 25.5. The zero-order chi connectivity index (χ0) is 26.7. The molecule has 1 amide bonds. The summed E-state index contributed by atoms with van der Waals surface area (Å²) in [6, 6.07) is 24.3. The summed E-state index contributed by atoms with van der Waals surface area (Å²) < 4.78 is 0. The van der Waals surface area contributed by atoms with E-state index in [4.69, 9.17) is 0 Å². The second-order valence-corrected chi connectivity index (χ2v) is 9.06. The highest BCUT2D eigenvalue weighted by molar-refractivity contribution is 6.23. The molecule has 0 unspecified atom stereocenters. The van der Waals surface area contributed by atoms with E-state index >= 15 is 0 Å². The van der Waals surface area contributed by atoms with Gasteiger partial charge in [0.2, 0.25) is 5.91 Å². The highest BCUT2D eigenvalue weighted by Crippen LogP contribution is 2.31. The van der Waals surface area contributed by atoms with Crippen LogP contribution in [0.3, 0.4) is 0 Å². The first-order valence-corrected chi connectivity index (χ1v) is 12.0. The van der Waals surface area contributed by atoms with Gasteiger partial charge in [-0.15, -0.1) is 0 Å². The van der Waals surface area contributed by atoms with Gasteiger partial charge in [-0.3, -0.25) is 19.2 Å². The van der Waals surface area contributed by atoms with E-state index < -0.39 is 5.91 Å². The van der Waals surface area contributed by atoms with Crippen LogP contribution in [-0.2, 0) is 4.79 Å². The third-order valence-electron chi connectivity index (χ3n) is 6.36. The minimum absolute atomic E-state index is 0.0841. The van der Waals surface area contributed by atoms with Crippen LogP contribution in [0.1, 0.15) is 71.4 Å². The summed E-state index contributed by atoms with van der Waals surface area (Å²) in [6.07, 6.45) is 0. The van der Waals surface area contributed by atoms with Crippen molar-refractivity contribution in [1.82, 2.24) is 0 Å². The largest absolute Gasteiger partial charge is 0.325 e. The van der Waals surface area contributed by atoms with Crippen molar-refractivity contribution in [3.8, 4) is 0 Å².